The van der Waals surface area contributed by atoms with Crippen LogP contribution in [0.4, 0.5) is 14.6 Å². The molecule has 0 radical (unpaired) electrons. The average Bonchev–Trinajstić information content (AvgIpc) is 3.25. The number of benzene rings is 1. The zero-order valence-electron chi connectivity index (χ0n) is 15.0. The van der Waals surface area contributed by atoms with Crippen LogP contribution in [0.5, 0.6) is 0 Å². The minimum absolute atomic E-state index is 0.170. The maximum Gasteiger partial charge on any atom is 0.296 e. The van der Waals surface area contributed by atoms with Gasteiger partial charge in [-0.2, -0.15) is 8.78 Å². The molecule has 29 heavy (non-hydrogen) atoms. The van der Waals surface area contributed by atoms with Crippen molar-refractivity contribution in [3.05, 3.63) is 54.0 Å². The molecule has 8 nitrogen and oxygen atoms in total. The highest BCUT2D eigenvalue weighted by molar-refractivity contribution is 5.86. The molecule has 5 rings (SSSR count). The Kier molecular flexibility index (Phi) is 4.07. The molecule has 1 aromatic carbocycles. The predicted octanol–water partition coefficient (Wildman–Crippen LogP) is 1.50. The van der Waals surface area contributed by atoms with Crippen molar-refractivity contribution in [1.29, 1.82) is 0 Å². The van der Waals surface area contributed by atoms with E-state index in [0.29, 0.717) is 11.0 Å². The molecule has 2 aliphatic rings. The molecule has 1 fully saturated rings. The number of aliphatic hydroxyl groups excluding tert-OH is 2. The van der Waals surface area contributed by atoms with Crippen LogP contribution in [-0.2, 0) is 15.4 Å². The Labute approximate surface area is 163 Å². The van der Waals surface area contributed by atoms with Gasteiger partial charge in [-0.05, 0) is 11.6 Å². The molecule has 5 atom stereocenters. The summed E-state index contributed by atoms with van der Waals surface area (Å²) in [6, 6.07) is 7.66. The fourth-order valence-electron chi connectivity index (χ4n) is 4.07. The van der Waals surface area contributed by atoms with Gasteiger partial charge in [-0.25, -0.2) is 9.97 Å². The summed E-state index contributed by atoms with van der Waals surface area (Å²) in [7, 11) is 0. The number of aliphatic hydroxyl groups is 2. The van der Waals surface area contributed by atoms with Crippen LogP contribution in [0.25, 0.3) is 11.0 Å². The van der Waals surface area contributed by atoms with Crippen LogP contribution in [0, 0.1) is 0 Å². The molecular formula is C19H18F2N4O4. The number of ether oxygens (including phenoxy) is 2. The Hall–Kier alpha value is -2.66. The lowest BCUT2D eigenvalue weighted by Crippen LogP contribution is -2.40. The minimum Gasteiger partial charge on any atom is -0.387 e. The van der Waals surface area contributed by atoms with Crippen molar-refractivity contribution in [3.63, 3.8) is 0 Å². The molecule has 0 unspecified atom stereocenters. The number of anilines is 1. The summed E-state index contributed by atoms with van der Waals surface area (Å²) in [6.07, 6.45) is -2.80. The van der Waals surface area contributed by atoms with Crippen molar-refractivity contribution >= 4 is 16.9 Å². The highest BCUT2D eigenvalue weighted by atomic mass is 19.3. The van der Waals surface area contributed by atoms with E-state index < -0.39 is 43.2 Å². The summed E-state index contributed by atoms with van der Waals surface area (Å²) in [6.45, 7) is -0.835. The van der Waals surface area contributed by atoms with Gasteiger partial charge in [-0.15, -0.1) is 0 Å². The Morgan fingerprint density at radius 3 is 2.76 bits per heavy atom. The molecule has 0 amide bonds. The lowest BCUT2D eigenvalue weighted by atomic mass is 9.90. The van der Waals surface area contributed by atoms with E-state index in [1.165, 1.54) is 29.1 Å². The number of nitrogens with two attached hydrogens (primary N) is 1. The molecule has 152 valence electrons. The Balaban J connectivity index is 1.51. The molecule has 4 heterocycles. The summed E-state index contributed by atoms with van der Waals surface area (Å²) < 4.78 is 41.3. The maximum atomic E-state index is 14.2. The highest BCUT2D eigenvalue weighted by Crippen LogP contribution is 2.46. The van der Waals surface area contributed by atoms with Gasteiger partial charge >= 0.3 is 0 Å². The number of halogens is 2. The molecule has 10 heteroatoms. The van der Waals surface area contributed by atoms with Crippen molar-refractivity contribution in [2.75, 3.05) is 12.3 Å². The van der Waals surface area contributed by atoms with E-state index in [1.54, 1.807) is 18.3 Å². The molecular weight excluding hydrogens is 386 g/mol. The van der Waals surface area contributed by atoms with Gasteiger partial charge in [-0.1, -0.05) is 24.3 Å². The van der Waals surface area contributed by atoms with Crippen molar-refractivity contribution in [2.24, 2.45) is 0 Å². The molecule has 0 aliphatic carbocycles. The summed E-state index contributed by atoms with van der Waals surface area (Å²) in [5.41, 5.74) is 6.32. The lowest BCUT2D eigenvalue weighted by molar-refractivity contribution is -0.170. The first kappa shape index (κ1) is 18.4. The van der Waals surface area contributed by atoms with E-state index in [0.717, 1.165) is 0 Å². The summed E-state index contributed by atoms with van der Waals surface area (Å²) in [5, 5.41) is 21.9. The number of nitrogens with zero attached hydrogens (tertiary/aromatic N) is 3. The normalized spacial score (nSPS) is 31.1. The van der Waals surface area contributed by atoms with Gasteiger partial charge in [0.1, 0.15) is 48.8 Å². The van der Waals surface area contributed by atoms with E-state index in [2.05, 4.69) is 9.97 Å². The molecule has 0 spiro atoms. The van der Waals surface area contributed by atoms with Crippen LogP contribution in [0.15, 0.2) is 42.9 Å². The number of rotatable bonds is 2. The largest absolute Gasteiger partial charge is 0.387 e. The van der Waals surface area contributed by atoms with Crippen molar-refractivity contribution in [2.45, 2.75) is 36.6 Å². The molecule has 3 aromatic rings. The molecule has 0 saturated carbocycles. The molecule has 0 bridgehead atoms. The third kappa shape index (κ3) is 2.71. The number of aromatic nitrogens is 3. The van der Waals surface area contributed by atoms with E-state index in [1.807, 2.05) is 0 Å². The fraction of sp³-hybridized carbons (Fsp3) is 0.368. The zero-order valence-corrected chi connectivity index (χ0v) is 15.0. The Bertz CT molecular complexity index is 1080. The summed E-state index contributed by atoms with van der Waals surface area (Å²) in [4.78, 5) is 8.09. The van der Waals surface area contributed by atoms with Crippen LogP contribution >= 0.6 is 0 Å². The third-order valence-corrected chi connectivity index (χ3v) is 5.49. The number of fused-ring (bicyclic) bond motifs is 2. The SMILES string of the molecule is Nc1ncnc2c1ccn2[C@@H]1O[C@H]([C@@H]2OCC(F)(F)c3ccccc32)[C@@H](O)[C@H]1O. The molecule has 1 saturated heterocycles. The number of hydrogen-bond donors (Lipinski definition) is 3. The van der Waals surface area contributed by atoms with Gasteiger partial charge in [0.05, 0.1) is 5.39 Å². The van der Waals surface area contributed by atoms with Gasteiger partial charge in [0, 0.05) is 11.8 Å². The van der Waals surface area contributed by atoms with Gasteiger partial charge in [0.15, 0.2) is 6.23 Å². The van der Waals surface area contributed by atoms with Crippen LogP contribution < -0.4 is 5.73 Å². The second-order valence-electron chi connectivity index (χ2n) is 7.21. The van der Waals surface area contributed by atoms with Gasteiger partial charge < -0.3 is 30.0 Å². The smallest absolute Gasteiger partial charge is 0.296 e. The minimum atomic E-state index is -3.14. The Morgan fingerprint density at radius 1 is 1.14 bits per heavy atom. The first-order valence-electron chi connectivity index (χ1n) is 9.06. The first-order valence-corrected chi connectivity index (χ1v) is 9.06. The number of nitrogen functional groups attached to an aromatic ring is 1. The molecule has 4 N–H and O–H groups in total. The second-order valence-corrected chi connectivity index (χ2v) is 7.21. The van der Waals surface area contributed by atoms with Gasteiger partial charge in [0.25, 0.3) is 5.92 Å². The fourth-order valence-corrected chi connectivity index (χ4v) is 4.07. The van der Waals surface area contributed by atoms with Crippen LogP contribution in [0.3, 0.4) is 0 Å². The molecule has 2 aromatic heterocycles. The van der Waals surface area contributed by atoms with Crippen LogP contribution in [0.2, 0.25) is 0 Å². The third-order valence-electron chi connectivity index (χ3n) is 5.49. The molecule has 2 aliphatic heterocycles. The number of hydrogen-bond acceptors (Lipinski definition) is 7. The van der Waals surface area contributed by atoms with Gasteiger partial charge in [-0.3, -0.25) is 0 Å². The standard InChI is InChI=1S/C19H18F2N4O4/c20-19(21)7-28-14(9-3-1-2-4-11(9)19)15-12(26)13(27)18(29-15)25-6-5-10-16(22)23-8-24-17(10)25/h1-6,8,12-15,18,26-27H,7H2,(H2,22,23,24)/t12-,13+,14+,15-,18+/m0/s1. The predicted molar refractivity (Wildman–Crippen MR) is 96.9 cm³/mol. The van der Waals surface area contributed by atoms with Crippen LogP contribution in [0.1, 0.15) is 23.5 Å². The van der Waals surface area contributed by atoms with Crippen molar-refractivity contribution < 1.29 is 28.5 Å². The summed E-state index contributed by atoms with van der Waals surface area (Å²) in [5.74, 6) is -2.87. The van der Waals surface area contributed by atoms with Crippen LogP contribution in [-0.4, -0.2) is 49.7 Å². The van der Waals surface area contributed by atoms with E-state index in [4.69, 9.17) is 15.2 Å². The Morgan fingerprint density at radius 2 is 1.93 bits per heavy atom. The quantitative estimate of drug-likeness (QED) is 0.593. The van der Waals surface area contributed by atoms with E-state index in [-0.39, 0.29) is 16.9 Å². The average molecular weight is 404 g/mol. The first-order chi connectivity index (χ1) is 13.9. The maximum absolute atomic E-state index is 14.2. The number of alkyl halides is 2. The van der Waals surface area contributed by atoms with Gasteiger partial charge in [0.2, 0.25) is 0 Å². The highest BCUT2D eigenvalue weighted by Gasteiger charge is 2.52. The van der Waals surface area contributed by atoms with Crippen molar-refractivity contribution in [1.82, 2.24) is 14.5 Å². The van der Waals surface area contributed by atoms with Crippen molar-refractivity contribution in [3.8, 4) is 0 Å². The lowest BCUT2D eigenvalue weighted by Gasteiger charge is -2.35. The summed E-state index contributed by atoms with van der Waals surface area (Å²) >= 11 is 0. The zero-order chi connectivity index (χ0) is 20.3. The van der Waals surface area contributed by atoms with E-state index >= 15 is 0 Å². The second kappa shape index (κ2) is 6.42. The topological polar surface area (TPSA) is 116 Å². The van der Waals surface area contributed by atoms with E-state index in [9.17, 15) is 19.0 Å². The monoisotopic (exact) mass is 404 g/mol.